The zero-order valence-electron chi connectivity index (χ0n) is 10.6. The van der Waals surface area contributed by atoms with Crippen molar-refractivity contribution in [2.24, 2.45) is 5.73 Å². The summed E-state index contributed by atoms with van der Waals surface area (Å²) < 4.78 is 0. The maximum Gasteiger partial charge on any atom is 0.303 e. The lowest BCUT2D eigenvalue weighted by atomic mass is 9.88. The molecule has 3 N–H and O–H groups in total. The molecule has 0 radical (unpaired) electrons. The van der Waals surface area contributed by atoms with Crippen molar-refractivity contribution in [3.8, 4) is 0 Å². The second kappa shape index (κ2) is 6.01. The van der Waals surface area contributed by atoms with E-state index in [4.69, 9.17) is 10.8 Å². The van der Waals surface area contributed by atoms with Crippen molar-refractivity contribution in [2.45, 2.75) is 50.5 Å². The SMILES string of the molecule is NC(CCC(=O)O)c1ccccc1C1CCCC1. The van der Waals surface area contributed by atoms with Crippen LogP contribution in [-0.2, 0) is 4.79 Å². The van der Waals surface area contributed by atoms with Gasteiger partial charge in [0, 0.05) is 12.5 Å². The quantitative estimate of drug-likeness (QED) is 0.839. The van der Waals surface area contributed by atoms with Gasteiger partial charge in [0.2, 0.25) is 0 Å². The van der Waals surface area contributed by atoms with Gasteiger partial charge >= 0.3 is 5.97 Å². The van der Waals surface area contributed by atoms with Gasteiger partial charge in [0.1, 0.15) is 0 Å². The standard InChI is InChI=1S/C15H21NO2/c16-14(9-10-15(17)18)13-8-4-3-7-12(13)11-5-1-2-6-11/h3-4,7-8,11,14H,1-2,5-6,9-10,16H2,(H,17,18). The van der Waals surface area contributed by atoms with Gasteiger partial charge < -0.3 is 10.8 Å². The third kappa shape index (κ3) is 3.10. The zero-order valence-corrected chi connectivity index (χ0v) is 10.6. The van der Waals surface area contributed by atoms with Crippen LogP contribution in [-0.4, -0.2) is 11.1 Å². The molecule has 1 saturated carbocycles. The van der Waals surface area contributed by atoms with Gasteiger partial charge in [0.25, 0.3) is 0 Å². The van der Waals surface area contributed by atoms with Gasteiger partial charge in [-0.2, -0.15) is 0 Å². The Morgan fingerprint density at radius 2 is 2.00 bits per heavy atom. The monoisotopic (exact) mass is 247 g/mol. The van der Waals surface area contributed by atoms with Crippen LogP contribution in [0.15, 0.2) is 24.3 Å². The normalized spacial score (nSPS) is 17.8. The minimum absolute atomic E-state index is 0.139. The van der Waals surface area contributed by atoms with Crippen LogP contribution in [0, 0.1) is 0 Å². The molecule has 1 fully saturated rings. The number of aliphatic carboxylic acids is 1. The Kier molecular flexibility index (Phi) is 4.37. The van der Waals surface area contributed by atoms with Gasteiger partial charge in [-0.15, -0.1) is 0 Å². The van der Waals surface area contributed by atoms with Crippen molar-refractivity contribution >= 4 is 5.97 Å². The summed E-state index contributed by atoms with van der Waals surface area (Å²) in [5, 5.41) is 8.73. The van der Waals surface area contributed by atoms with E-state index in [0.717, 1.165) is 5.56 Å². The van der Waals surface area contributed by atoms with E-state index in [-0.39, 0.29) is 12.5 Å². The minimum Gasteiger partial charge on any atom is -0.481 e. The summed E-state index contributed by atoms with van der Waals surface area (Å²) in [7, 11) is 0. The van der Waals surface area contributed by atoms with E-state index in [1.807, 2.05) is 6.07 Å². The first-order valence-corrected chi connectivity index (χ1v) is 6.74. The van der Waals surface area contributed by atoms with Gasteiger partial charge in [-0.25, -0.2) is 0 Å². The summed E-state index contributed by atoms with van der Waals surface area (Å²) in [4.78, 5) is 10.6. The summed E-state index contributed by atoms with van der Waals surface area (Å²) in [5.41, 5.74) is 8.63. The Balaban J connectivity index is 2.13. The predicted octanol–water partition coefficient (Wildman–Crippen LogP) is 3.21. The van der Waals surface area contributed by atoms with E-state index < -0.39 is 5.97 Å². The molecule has 3 nitrogen and oxygen atoms in total. The fourth-order valence-electron chi connectivity index (χ4n) is 2.89. The highest BCUT2D eigenvalue weighted by Gasteiger charge is 2.21. The van der Waals surface area contributed by atoms with Crippen LogP contribution in [0.25, 0.3) is 0 Å². The van der Waals surface area contributed by atoms with E-state index in [1.165, 1.54) is 31.2 Å². The van der Waals surface area contributed by atoms with Gasteiger partial charge in [0.05, 0.1) is 0 Å². The summed E-state index contributed by atoms with van der Waals surface area (Å²) in [5.74, 6) is -0.152. The number of carboxylic acid groups (broad SMARTS) is 1. The first-order chi connectivity index (χ1) is 8.68. The number of rotatable bonds is 5. The maximum absolute atomic E-state index is 10.6. The molecule has 1 unspecified atom stereocenters. The second-order valence-corrected chi connectivity index (χ2v) is 5.15. The molecule has 0 amide bonds. The number of carbonyl (C=O) groups is 1. The molecule has 1 aliphatic rings. The molecule has 1 aromatic carbocycles. The number of hydrogen-bond donors (Lipinski definition) is 2. The zero-order chi connectivity index (χ0) is 13.0. The molecular formula is C15H21NO2. The second-order valence-electron chi connectivity index (χ2n) is 5.15. The number of nitrogens with two attached hydrogens (primary N) is 1. The molecule has 0 heterocycles. The Labute approximate surface area is 108 Å². The Hall–Kier alpha value is -1.35. The van der Waals surface area contributed by atoms with E-state index in [1.54, 1.807) is 0 Å². The molecule has 98 valence electrons. The van der Waals surface area contributed by atoms with E-state index in [0.29, 0.717) is 12.3 Å². The third-order valence-electron chi connectivity index (χ3n) is 3.86. The maximum atomic E-state index is 10.6. The highest BCUT2D eigenvalue weighted by molar-refractivity contribution is 5.66. The average molecular weight is 247 g/mol. The molecule has 0 spiro atoms. The number of carboxylic acids is 1. The lowest BCUT2D eigenvalue weighted by molar-refractivity contribution is -0.137. The fourth-order valence-corrected chi connectivity index (χ4v) is 2.89. The van der Waals surface area contributed by atoms with Gasteiger partial charge in [0.15, 0.2) is 0 Å². The van der Waals surface area contributed by atoms with Crippen LogP contribution in [0.4, 0.5) is 0 Å². The lowest BCUT2D eigenvalue weighted by Crippen LogP contribution is -2.15. The van der Waals surface area contributed by atoms with Crippen LogP contribution in [0.2, 0.25) is 0 Å². The van der Waals surface area contributed by atoms with Gasteiger partial charge in [-0.05, 0) is 36.3 Å². The van der Waals surface area contributed by atoms with Crippen molar-refractivity contribution < 1.29 is 9.90 Å². The molecule has 3 heteroatoms. The number of hydrogen-bond acceptors (Lipinski definition) is 2. The molecule has 2 rings (SSSR count). The first-order valence-electron chi connectivity index (χ1n) is 6.74. The Bertz CT molecular complexity index is 411. The Morgan fingerprint density at radius 3 is 2.67 bits per heavy atom. The van der Waals surface area contributed by atoms with Crippen molar-refractivity contribution in [2.75, 3.05) is 0 Å². The molecule has 0 aromatic heterocycles. The molecule has 1 aromatic rings. The van der Waals surface area contributed by atoms with Crippen molar-refractivity contribution in [3.05, 3.63) is 35.4 Å². The van der Waals surface area contributed by atoms with E-state index in [9.17, 15) is 4.79 Å². The van der Waals surface area contributed by atoms with Gasteiger partial charge in [-0.1, -0.05) is 37.1 Å². The summed E-state index contributed by atoms with van der Waals surface area (Å²) >= 11 is 0. The van der Waals surface area contributed by atoms with Crippen LogP contribution in [0.3, 0.4) is 0 Å². The largest absolute Gasteiger partial charge is 0.481 e. The predicted molar refractivity (Wildman–Crippen MR) is 71.4 cm³/mol. The highest BCUT2D eigenvalue weighted by Crippen LogP contribution is 2.37. The molecular weight excluding hydrogens is 226 g/mol. The first kappa shape index (κ1) is 13.1. The fraction of sp³-hybridized carbons (Fsp3) is 0.533. The average Bonchev–Trinajstić information content (AvgIpc) is 2.89. The van der Waals surface area contributed by atoms with Crippen molar-refractivity contribution in [3.63, 3.8) is 0 Å². The highest BCUT2D eigenvalue weighted by atomic mass is 16.4. The van der Waals surface area contributed by atoms with E-state index in [2.05, 4.69) is 18.2 Å². The molecule has 0 saturated heterocycles. The smallest absolute Gasteiger partial charge is 0.303 e. The van der Waals surface area contributed by atoms with Crippen LogP contribution >= 0.6 is 0 Å². The Morgan fingerprint density at radius 1 is 1.33 bits per heavy atom. The molecule has 0 bridgehead atoms. The van der Waals surface area contributed by atoms with Gasteiger partial charge in [-0.3, -0.25) is 4.79 Å². The minimum atomic E-state index is -0.774. The van der Waals surface area contributed by atoms with Crippen molar-refractivity contribution in [1.82, 2.24) is 0 Å². The molecule has 1 aliphatic carbocycles. The van der Waals surface area contributed by atoms with Crippen LogP contribution in [0.1, 0.15) is 61.6 Å². The number of benzene rings is 1. The third-order valence-corrected chi connectivity index (χ3v) is 3.86. The molecule has 1 atom stereocenters. The van der Waals surface area contributed by atoms with Crippen LogP contribution < -0.4 is 5.73 Å². The molecule has 18 heavy (non-hydrogen) atoms. The topological polar surface area (TPSA) is 63.3 Å². The summed E-state index contributed by atoms with van der Waals surface area (Å²) in [6, 6.07) is 8.11. The van der Waals surface area contributed by atoms with E-state index >= 15 is 0 Å². The summed E-state index contributed by atoms with van der Waals surface area (Å²) in [6.07, 6.45) is 5.72. The lowest BCUT2D eigenvalue weighted by Gasteiger charge is -2.19. The van der Waals surface area contributed by atoms with Crippen molar-refractivity contribution in [1.29, 1.82) is 0 Å². The molecule has 0 aliphatic heterocycles. The van der Waals surface area contributed by atoms with Crippen LogP contribution in [0.5, 0.6) is 0 Å². The summed E-state index contributed by atoms with van der Waals surface area (Å²) in [6.45, 7) is 0.